The van der Waals surface area contributed by atoms with E-state index >= 15 is 0 Å². The Morgan fingerprint density at radius 2 is 1.49 bits per heavy atom. The molecule has 0 aliphatic carbocycles. The molecule has 41 heavy (non-hydrogen) atoms. The molecular weight excluding hydrogens is 584 g/mol. The summed E-state index contributed by atoms with van der Waals surface area (Å²) >= 11 is 0. The quantitative estimate of drug-likeness (QED) is 0.173. The van der Waals surface area contributed by atoms with E-state index in [1.807, 2.05) is 0 Å². The number of methoxy groups -OCH3 is 4. The summed E-state index contributed by atoms with van der Waals surface area (Å²) in [5, 5.41) is 25.1. The molecule has 1 unspecified atom stereocenters. The third-order valence-corrected chi connectivity index (χ3v) is 7.70. The molecule has 0 heterocycles. The highest BCUT2D eigenvalue weighted by Crippen LogP contribution is 2.46. The summed E-state index contributed by atoms with van der Waals surface area (Å²) in [6.45, 7) is 0. The van der Waals surface area contributed by atoms with Gasteiger partial charge in [-0.2, -0.15) is 8.42 Å². The maximum atomic E-state index is 13.0. The summed E-state index contributed by atoms with van der Waals surface area (Å²) in [5.74, 6) is 1.04. The topological polar surface area (TPSA) is 195 Å². The Morgan fingerprint density at radius 1 is 0.878 bits per heavy atom. The van der Waals surface area contributed by atoms with E-state index in [2.05, 4.69) is 0 Å². The second kappa shape index (κ2) is 12.8. The molecule has 0 bridgehead atoms. The van der Waals surface area contributed by atoms with Gasteiger partial charge in [-0.15, -0.1) is 0 Å². The third kappa shape index (κ3) is 6.79. The third-order valence-electron chi connectivity index (χ3n) is 5.76. The SMILES string of the molecule is COc1cc(OC)c(C=CS(=O)Cc2ccc(OC)c(-c3c([N+](=O)[O-])ccc(S(=O)(=O)O)c3[N+](=O)[O-])c2)c(OC)c1. The van der Waals surface area contributed by atoms with Gasteiger partial charge in [0, 0.05) is 29.2 Å². The van der Waals surface area contributed by atoms with Crippen LogP contribution in [0.2, 0.25) is 0 Å². The smallest absolute Gasteiger partial charge is 0.305 e. The molecular formula is C25H24N2O12S2. The van der Waals surface area contributed by atoms with Crippen molar-refractivity contribution in [2.75, 3.05) is 28.4 Å². The molecule has 16 heteroatoms. The van der Waals surface area contributed by atoms with Gasteiger partial charge in [0.25, 0.3) is 5.69 Å². The molecule has 1 atom stereocenters. The van der Waals surface area contributed by atoms with Crippen molar-refractivity contribution >= 4 is 38.4 Å². The number of ether oxygens (including phenoxy) is 4. The second-order valence-electron chi connectivity index (χ2n) is 8.10. The number of benzene rings is 3. The minimum Gasteiger partial charge on any atom is -0.496 e. The molecule has 3 aromatic rings. The van der Waals surface area contributed by atoms with Crippen LogP contribution in [0.1, 0.15) is 11.1 Å². The van der Waals surface area contributed by atoms with E-state index in [1.165, 1.54) is 58.1 Å². The fourth-order valence-electron chi connectivity index (χ4n) is 3.96. The molecule has 3 rings (SSSR count). The van der Waals surface area contributed by atoms with Gasteiger partial charge < -0.3 is 18.9 Å². The summed E-state index contributed by atoms with van der Waals surface area (Å²) in [6, 6.07) is 8.63. The first-order chi connectivity index (χ1) is 19.4. The Bertz CT molecular complexity index is 1640. The van der Waals surface area contributed by atoms with Crippen molar-refractivity contribution < 1.29 is 46.0 Å². The van der Waals surface area contributed by atoms with Gasteiger partial charge in [-0.3, -0.25) is 29.0 Å². The Morgan fingerprint density at radius 3 is 1.98 bits per heavy atom. The first-order valence-electron chi connectivity index (χ1n) is 11.3. The normalized spacial score (nSPS) is 12.1. The number of nitrogens with zero attached hydrogens (tertiary/aromatic N) is 2. The van der Waals surface area contributed by atoms with Crippen molar-refractivity contribution in [3.05, 3.63) is 79.2 Å². The zero-order valence-corrected chi connectivity index (χ0v) is 23.7. The molecule has 0 amide bonds. The summed E-state index contributed by atoms with van der Waals surface area (Å²) in [7, 11) is -1.26. The van der Waals surface area contributed by atoms with E-state index in [1.54, 1.807) is 12.1 Å². The van der Waals surface area contributed by atoms with Gasteiger partial charge in [0.1, 0.15) is 28.6 Å². The summed E-state index contributed by atoms with van der Waals surface area (Å²) in [6.07, 6.45) is 1.52. The average molecular weight is 609 g/mol. The molecule has 0 saturated heterocycles. The van der Waals surface area contributed by atoms with E-state index in [0.717, 1.165) is 6.07 Å². The van der Waals surface area contributed by atoms with Gasteiger partial charge in [0.05, 0.1) is 60.4 Å². The summed E-state index contributed by atoms with van der Waals surface area (Å²) in [5.41, 5.74) is -2.14. The molecule has 1 N–H and O–H groups in total. The zero-order chi connectivity index (χ0) is 30.5. The van der Waals surface area contributed by atoms with Gasteiger partial charge >= 0.3 is 15.8 Å². The first kappa shape index (κ1) is 31.0. The Hall–Kier alpha value is -4.54. The average Bonchev–Trinajstić information content (AvgIpc) is 2.93. The van der Waals surface area contributed by atoms with E-state index in [0.29, 0.717) is 34.4 Å². The van der Waals surface area contributed by atoms with Gasteiger partial charge in [-0.25, -0.2) is 0 Å². The molecule has 14 nitrogen and oxygen atoms in total. The molecule has 0 aromatic heterocycles. The Kier molecular flexibility index (Phi) is 9.64. The minimum atomic E-state index is -5.14. The van der Waals surface area contributed by atoms with Crippen molar-refractivity contribution in [3.63, 3.8) is 0 Å². The van der Waals surface area contributed by atoms with Crippen LogP contribution in [0.4, 0.5) is 11.4 Å². The van der Waals surface area contributed by atoms with E-state index < -0.39 is 52.6 Å². The predicted molar refractivity (Wildman–Crippen MR) is 149 cm³/mol. The minimum absolute atomic E-state index is 0.0681. The molecule has 3 aromatic carbocycles. The molecule has 0 saturated carbocycles. The number of rotatable bonds is 12. The van der Waals surface area contributed by atoms with Crippen molar-refractivity contribution in [1.82, 2.24) is 0 Å². The highest BCUT2D eigenvalue weighted by Gasteiger charge is 2.36. The maximum absolute atomic E-state index is 13.0. The lowest BCUT2D eigenvalue weighted by molar-refractivity contribution is -0.394. The molecule has 218 valence electrons. The first-order valence-corrected chi connectivity index (χ1v) is 14.1. The van der Waals surface area contributed by atoms with Crippen LogP contribution < -0.4 is 18.9 Å². The lowest BCUT2D eigenvalue weighted by Crippen LogP contribution is -2.07. The van der Waals surface area contributed by atoms with E-state index in [-0.39, 0.29) is 17.1 Å². The van der Waals surface area contributed by atoms with Crippen molar-refractivity contribution in [2.45, 2.75) is 10.6 Å². The van der Waals surface area contributed by atoms with Crippen LogP contribution in [0.25, 0.3) is 17.2 Å². The molecule has 0 fully saturated rings. The lowest BCUT2D eigenvalue weighted by atomic mass is 9.98. The lowest BCUT2D eigenvalue weighted by Gasteiger charge is -2.13. The van der Waals surface area contributed by atoms with Crippen LogP contribution in [0.5, 0.6) is 23.0 Å². The van der Waals surface area contributed by atoms with Crippen LogP contribution >= 0.6 is 0 Å². The van der Waals surface area contributed by atoms with Crippen LogP contribution in [0, 0.1) is 20.2 Å². The fraction of sp³-hybridized carbons (Fsp3) is 0.200. The zero-order valence-electron chi connectivity index (χ0n) is 22.1. The standard InChI is InChI=1S/C25H24N2O12S2/c1-36-16-12-21(38-3)17(22(13-16)39-4)9-10-40(32)14-15-5-7-20(37-2)18(11-15)24-19(26(28)29)6-8-23(41(33,34)35)25(24)27(30)31/h5-13H,14H2,1-4H3,(H,33,34,35). The predicted octanol–water partition coefficient (Wildman–Crippen LogP) is 4.37. The number of nitro groups is 2. The number of hydrogen-bond acceptors (Lipinski definition) is 11. The van der Waals surface area contributed by atoms with Crippen molar-refractivity contribution in [2.24, 2.45) is 0 Å². The van der Waals surface area contributed by atoms with Crippen LogP contribution in [-0.2, 0) is 26.7 Å². The van der Waals surface area contributed by atoms with Crippen molar-refractivity contribution in [3.8, 4) is 34.1 Å². The molecule has 0 aliphatic rings. The van der Waals surface area contributed by atoms with E-state index in [9.17, 15) is 37.4 Å². The fourth-order valence-corrected chi connectivity index (χ4v) is 5.52. The highest BCUT2D eigenvalue weighted by molar-refractivity contribution is 7.87. The molecule has 0 radical (unpaired) electrons. The van der Waals surface area contributed by atoms with Crippen LogP contribution in [-0.4, -0.2) is 55.5 Å². The molecule has 0 spiro atoms. The largest absolute Gasteiger partial charge is 0.496 e. The monoisotopic (exact) mass is 608 g/mol. The van der Waals surface area contributed by atoms with Gasteiger partial charge in [-0.1, -0.05) is 6.07 Å². The Labute approximate surface area is 236 Å². The summed E-state index contributed by atoms with van der Waals surface area (Å²) < 4.78 is 67.5. The van der Waals surface area contributed by atoms with Gasteiger partial charge in [-0.05, 0) is 29.8 Å². The highest BCUT2D eigenvalue weighted by atomic mass is 32.2. The van der Waals surface area contributed by atoms with Crippen LogP contribution in [0.3, 0.4) is 0 Å². The summed E-state index contributed by atoms with van der Waals surface area (Å²) in [4.78, 5) is 20.5. The van der Waals surface area contributed by atoms with E-state index in [4.69, 9.17) is 18.9 Å². The van der Waals surface area contributed by atoms with Crippen LogP contribution in [0.15, 0.2) is 52.8 Å². The second-order valence-corrected chi connectivity index (χ2v) is 10.8. The van der Waals surface area contributed by atoms with Gasteiger partial charge in [0.15, 0.2) is 4.90 Å². The van der Waals surface area contributed by atoms with Crippen molar-refractivity contribution in [1.29, 1.82) is 0 Å². The van der Waals surface area contributed by atoms with Gasteiger partial charge in [0.2, 0.25) is 0 Å². The molecule has 0 aliphatic heterocycles. The maximum Gasteiger partial charge on any atom is 0.305 e. The number of nitro benzene ring substituents is 2. The Balaban J connectivity index is 2.12. The number of hydrogen-bond donors (Lipinski definition) is 1.